The van der Waals surface area contributed by atoms with Gasteiger partial charge in [0.2, 0.25) is 0 Å². The molecule has 0 bridgehead atoms. The number of carbonyl (C=O) groups excluding carboxylic acids is 1. The van der Waals surface area contributed by atoms with Crippen molar-refractivity contribution in [3.05, 3.63) is 88.9 Å². The van der Waals surface area contributed by atoms with Crippen LogP contribution in [-0.4, -0.2) is 27.9 Å². The zero-order valence-corrected chi connectivity index (χ0v) is 17.3. The van der Waals surface area contributed by atoms with E-state index in [0.717, 1.165) is 22.0 Å². The summed E-state index contributed by atoms with van der Waals surface area (Å²) in [7, 11) is -2.29. The van der Waals surface area contributed by atoms with E-state index in [4.69, 9.17) is 11.6 Å². The number of fused-ring (bicyclic) bond motifs is 1. The molecule has 1 aliphatic heterocycles. The van der Waals surface area contributed by atoms with Gasteiger partial charge in [-0.2, -0.15) is 0 Å². The van der Waals surface area contributed by atoms with Gasteiger partial charge in [-0.3, -0.25) is 9.10 Å². The summed E-state index contributed by atoms with van der Waals surface area (Å²) in [6.07, 6.45) is 0.779. The fraction of sp³-hybridized carbons (Fsp3) is 0.136. The second-order valence-electron chi connectivity index (χ2n) is 6.79. The van der Waals surface area contributed by atoms with Crippen molar-refractivity contribution in [3.63, 3.8) is 0 Å². The SMILES string of the molecule is CN(c1ccc(Cl)c(C(=O)N2CCc3ccccc32)c1)S(=O)(=O)c1ccccc1. The summed E-state index contributed by atoms with van der Waals surface area (Å²) in [5.41, 5.74) is 2.62. The van der Waals surface area contributed by atoms with Gasteiger partial charge in [0.1, 0.15) is 0 Å². The van der Waals surface area contributed by atoms with Gasteiger partial charge < -0.3 is 4.90 Å². The van der Waals surface area contributed by atoms with Gasteiger partial charge in [0, 0.05) is 19.3 Å². The Balaban J connectivity index is 1.69. The number of halogens is 1. The number of anilines is 2. The highest BCUT2D eigenvalue weighted by atomic mass is 35.5. The van der Waals surface area contributed by atoms with E-state index in [1.807, 2.05) is 24.3 Å². The number of carbonyl (C=O) groups is 1. The molecule has 3 aromatic carbocycles. The van der Waals surface area contributed by atoms with Crippen molar-refractivity contribution in [3.8, 4) is 0 Å². The van der Waals surface area contributed by atoms with Crippen LogP contribution in [0.15, 0.2) is 77.7 Å². The minimum atomic E-state index is -3.75. The van der Waals surface area contributed by atoms with Crippen molar-refractivity contribution in [1.82, 2.24) is 0 Å². The van der Waals surface area contributed by atoms with E-state index in [1.54, 1.807) is 35.2 Å². The Morgan fingerprint density at radius 1 is 1.00 bits per heavy atom. The summed E-state index contributed by atoms with van der Waals surface area (Å²) in [6, 6.07) is 20.6. The summed E-state index contributed by atoms with van der Waals surface area (Å²) in [4.78, 5) is 15.1. The number of para-hydroxylation sites is 1. The van der Waals surface area contributed by atoms with Crippen LogP contribution in [0.3, 0.4) is 0 Å². The van der Waals surface area contributed by atoms with Gasteiger partial charge in [-0.05, 0) is 48.4 Å². The zero-order chi connectivity index (χ0) is 20.6. The number of nitrogens with zero attached hydrogens (tertiary/aromatic N) is 2. The lowest BCUT2D eigenvalue weighted by Crippen LogP contribution is -2.30. The Kier molecular flexibility index (Phi) is 5.06. The molecule has 0 spiro atoms. The van der Waals surface area contributed by atoms with Crippen molar-refractivity contribution in [1.29, 1.82) is 0 Å². The Morgan fingerprint density at radius 2 is 1.69 bits per heavy atom. The normalized spacial score (nSPS) is 13.2. The molecular weight excluding hydrogens is 408 g/mol. The first-order valence-electron chi connectivity index (χ1n) is 9.13. The van der Waals surface area contributed by atoms with Crippen molar-refractivity contribution in [2.24, 2.45) is 0 Å². The average Bonchev–Trinajstić information content (AvgIpc) is 3.18. The first-order chi connectivity index (χ1) is 13.9. The predicted molar refractivity (Wildman–Crippen MR) is 115 cm³/mol. The molecule has 4 rings (SSSR count). The molecule has 1 heterocycles. The van der Waals surface area contributed by atoms with Gasteiger partial charge in [0.25, 0.3) is 15.9 Å². The topological polar surface area (TPSA) is 57.7 Å². The molecule has 148 valence electrons. The summed E-state index contributed by atoms with van der Waals surface area (Å²) >= 11 is 6.32. The predicted octanol–water partition coefficient (Wildman–Crippen LogP) is 4.37. The van der Waals surface area contributed by atoms with Crippen LogP contribution in [0.1, 0.15) is 15.9 Å². The molecule has 3 aromatic rings. The molecular formula is C22H19ClN2O3S. The maximum Gasteiger partial charge on any atom is 0.264 e. The van der Waals surface area contributed by atoms with E-state index in [-0.39, 0.29) is 21.4 Å². The maximum atomic E-state index is 13.2. The first kappa shape index (κ1) is 19.5. The molecule has 7 heteroatoms. The fourth-order valence-corrected chi connectivity index (χ4v) is 4.86. The van der Waals surface area contributed by atoms with Crippen molar-refractivity contribution in [2.45, 2.75) is 11.3 Å². The van der Waals surface area contributed by atoms with E-state index in [2.05, 4.69) is 0 Å². The standard InChI is InChI=1S/C22H19ClN2O3S/c1-24(29(27,28)18-8-3-2-4-9-18)17-11-12-20(23)19(15-17)22(26)25-14-13-16-7-5-6-10-21(16)25/h2-12,15H,13-14H2,1H3. The highest BCUT2D eigenvalue weighted by Gasteiger charge is 2.28. The largest absolute Gasteiger partial charge is 0.308 e. The first-order valence-corrected chi connectivity index (χ1v) is 10.9. The van der Waals surface area contributed by atoms with Gasteiger partial charge in [-0.15, -0.1) is 0 Å². The van der Waals surface area contributed by atoms with Gasteiger partial charge in [-0.25, -0.2) is 8.42 Å². The van der Waals surface area contributed by atoms with Crippen LogP contribution in [-0.2, 0) is 16.4 Å². The fourth-order valence-electron chi connectivity index (χ4n) is 3.46. The molecule has 0 N–H and O–H groups in total. The second kappa shape index (κ2) is 7.54. The van der Waals surface area contributed by atoms with Crippen molar-refractivity contribution >= 4 is 38.9 Å². The molecule has 5 nitrogen and oxygen atoms in total. The molecule has 0 atom stereocenters. The Hall–Kier alpha value is -2.83. The van der Waals surface area contributed by atoms with Crippen LogP contribution >= 0.6 is 11.6 Å². The molecule has 0 unspecified atom stereocenters. The average molecular weight is 427 g/mol. The van der Waals surface area contributed by atoms with Crippen LogP contribution in [0.5, 0.6) is 0 Å². The number of sulfonamides is 1. The Morgan fingerprint density at radius 3 is 2.45 bits per heavy atom. The minimum absolute atomic E-state index is 0.179. The van der Waals surface area contributed by atoms with Gasteiger partial charge in [-0.1, -0.05) is 48.0 Å². The van der Waals surface area contributed by atoms with Crippen LogP contribution in [0.2, 0.25) is 5.02 Å². The molecule has 0 aromatic heterocycles. The molecule has 0 fully saturated rings. The quantitative estimate of drug-likeness (QED) is 0.622. The third-order valence-corrected chi connectivity index (χ3v) is 7.21. The summed E-state index contributed by atoms with van der Waals surface area (Å²) in [5, 5.41) is 0.286. The number of benzene rings is 3. The molecule has 0 radical (unpaired) electrons. The number of hydrogen-bond donors (Lipinski definition) is 0. The van der Waals surface area contributed by atoms with Crippen LogP contribution in [0.4, 0.5) is 11.4 Å². The molecule has 0 aliphatic carbocycles. The number of hydrogen-bond acceptors (Lipinski definition) is 3. The van der Waals surface area contributed by atoms with Gasteiger partial charge in [0.15, 0.2) is 0 Å². The van der Waals surface area contributed by atoms with E-state index in [0.29, 0.717) is 12.2 Å². The lowest BCUT2D eigenvalue weighted by molar-refractivity contribution is 0.0989. The summed E-state index contributed by atoms with van der Waals surface area (Å²) < 4.78 is 27.0. The third-order valence-electron chi connectivity index (χ3n) is 5.08. The smallest absolute Gasteiger partial charge is 0.264 e. The Bertz CT molecular complexity index is 1180. The van der Waals surface area contributed by atoms with Crippen LogP contribution in [0.25, 0.3) is 0 Å². The summed E-state index contributed by atoms with van der Waals surface area (Å²) in [6.45, 7) is 0.566. The van der Waals surface area contributed by atoms with E-state index < -0.39 is 10.0 Å². The number of amides is 1. The molecule has 29 heavy (non-hydrogen) atoms. The van der Waals surface area contributed by atoms with Crippen molar-refractivity contribution in [2.75, 3.05) is 22.8 Å². The van der Waals surface area contributed by atoms with Gasteiger partial charge >= 0.3 is 0 Å². The van der Waals surface area contributed by atoms with E-state index >= 15 is 0 Å². The monoisotopic (exact) mass is 426 g/mol. The molecule has 0 saturated carbocycles. The lowest BCUT2D eigenvalue weighted by atomic mass is 10.1. The highest BCUT2D eigenvalue weighted by molar-refractivity contribution is 7.92. The summed E-state index contributed by atoms with van der Waals surface area (Å²) in [5.74, 6) is -0.243. The van der Waals surface area contributed by atoms with Crippen LogP contribution in [0, 0.1) is 0 Å². The Labute approximate surface area is 175 Å². The minimum Gasteiger partial charge on any atom is -0.308 e. The highest BCUT2D eigenvalue weighted by Crippen LogP contribution is 2.32. The zero-order valence-electron chi connectivity index (χ0n) is 15.7. The lowest BCUT2D eigenvalue weighted by Gasteiger charge is -2.22. The van der Waals surface area contributed by atoms with Crippen molar-refractivity contribution < 1.29 is 13.2 Å². The van der Waals surface area contributed by atoms with E-state index in [9.17, 15) is 13.2 Å². The van der Waals surface area contributed by atoms with Gasteiger partial charge in [0.05, 0.1) is 21.2 Å². The maximum absolute atomic E-state index is 13.2. The number of rotatable bonds is 4. The van der Waals surface area contributed by atoms with E-state index in [1.165, 1.54) is 25.2 Å². The van der Waals surface area contributed by atoms with Crippen LogP contribution < -0.4 is 9.21 Å². The molecule has 0 saturated heterocycles. The molecule has 1 aliphatic rings. The third kappa shape index (κ3) is 3.50. The molecule has 1 amide bonds. The second-order valence-corrected chi connectivity index (χ2v) is 9.16.